The Morgan fingerprint density at radius 1 is 1.31 bits per heavy atom. The van der Waals surface area contributed by atoms with Gasteiger partial charge in [-0.15, -0.1) is 0 Å². The van der Waals surface area contributed by atoms with Crippen LogP contribution in [0.5, 0.6) is 0 Å². The van der Waals surface area contributed by atoms with E-state index in [4.69, 9.17) is 9.73 Å². The highest BCUT2D eigenvalue weighted by molar-refractivity contribution is 5.86. The Bertz CT molecular complexity index is 825. The number of aryl methyl sites for hydroxylation is 1. The summed E-state index contributed by atoms with van der Waals surface area (Å²) < 4.78 is 7.48. The van der Waals surface area contributed by atoms with Crippen molar-refractivity contribution in [2.24, 2.45) is 12.0 Å². The zero-order valence-corrected chi connectivity index (χ0v) is 17.4. The van der Waals surface area contributed by atoms with Crippen LogP contribution in [0.25, 0.3) is 11.3 Å². The van der Waals surface area contributed by atoms with Gasteiger partial charge in [-0.2, -0.15) is 5.10 Å². The van der Waals surface area contributed by atoms with Gasteiger partial charge in [-0.3, -0.25) is 9.48 Å². The Balaban J connectivity index is 1.71. The highest BCUT2D eigenvalue weighted by Gasteiger charge is 2.16. The van der Waals surface area contributed by atoms with Gasteiger partial charge in [0.1, 0.15) is 0 Å². The average molecular weight is 399 g/mol. The molecule has 1 aromatic heterocycles. The average Bonchev–Trinajstić information content (AvgIpc) is 3.37. The molecule has 8 nitrogen and oxygen atoms in total. The number of hydrogen-bond donors (Lipinski definition) is 2. The third kappa shape index (κ3) is 6.05. The molecule has 0 saturated carbocycles. The summed E-state index contributed by atoms with van der Waals surface area (Å²) >= 11 is 0. The summed E-state index contributed by atoms with van der Waals surface area (Å²) in [7, 11) is 5.38. The number of carbonyl (C=O) groups is 1. The minimum absolute atomic E-state index is 0.0111. The maximum atomic E-state index is 12.0. The second kappa shape index (κ2) is 10.1. The van der Waals surface area contributed by atoms with Crippen molar-refractivity contribution in [2.75, 3.05) is 33.8 Å². The molecule has 3 rings (SSSR count). The molecule has 2 N–H and O–H groups in total. The second-order valence-corrected chi connectivity index (χ2v) is 7.37. The number of benzene rings is 1. The van der Waals surface area contributed by atoms with Crippen molar-refractivity contribution in [1.29, 1.82) is 0 Å². The van der Waals surface area contributed by atoms with Crippen molar-refractivity contribution >= 4 is 11.9 Å². The molecule has 0 spiro atoms. The van der Waals surface area contributed by atoms with Crippen molar-refractivity contribution in [2.45, 2.75) is 25.5 Å². The molecule has 1 atom stereocenters. The highest BCUT2D eigenvalue weighted by Crippen LogP contribution is 2.22. The minimum atomic E-state index is -0.0111. The Labute approximate surface area is 171 Å². The first kappa shape index (κ1) is 20.9. The minimum Gasteiger partial charge on any atom is -0.376 e. The summed E-state index contributed by atoms with van der Waals surface area (Å²) in [6.45, 7) is 2.11. The van der Waals surface area contributed by atoms with E-state index >= 15 is 0 Å². The van der Waals surface area contributed by atoms with Gasteiger partial charge in [0.05, 0.1) is 24.9 Å². The zero-order chi connectivity index (χ0) is 20.6. The number of ether oxygens (including phenoxy) is 1. The number of hydrogen-bond acceptors (Lipinski definition) is 4. The largest absolute Gasteiger partial charge is 0.376 e. The molecule has 8 heteroatoms. The number of guanidine groups is 1. The SMILES string of the molecule is CN(C)C(=O)CNC(=NCc1cn(C)nc1-c1ccccc1)NCC1CCCO1. The summed E-state index contributed by atoms with van der Waals surface area (Å²) in [4.78, 5) is 18.2. The third-order valence-electron chi connectivity index (χ3n) is 4.79. The first-order chi connectivity index (χ1) is 14.0. The molecule has 29 heavy (non-hydrogen) atoms. The van der Waals surface area contributed by atoms with Crippen LogP contribution < -0.4 is 10.6 Å². The molecule has 2 aromatic rings. The van der Waals surface area contributed by atoms with E-state index in [1.54, 1.807) is 23.7 Å². The van der Waals surface area contributed by atoms with E-state index in [0.717, 1.165) is 36.3 Å². The van der Waals surface area contributed by atoms with Crippen LogP contribution in [0.2, 0.25) is 0 Å². The van der Waals surface area contributed by atoms with Crippen molar-refractivity contribution < 1.29 is 9.53 Å². The van der Waals surface area contributed by atoms with E-state index in [1.807, 2.05) is 43.6 Å². The van der Waals surface area contributed by atoms with Crippen LogP contribution in [0, 0.1) is 0 Å². The van der Waals surface area contributed by atoms with Gasteiger partial charge in [-0.05, 0) is 12.8 Å². The van der Waals surface area contributed by atoms with Crippen molar-refractivity contribution in [1.82, 2.24) is 25.3 Å². The molecule has 0 radical (unpaired) electrons. The smallest absolute Gasteiger partial charge is 0.241 e. The molecule has 1 unspecified atom stereocenters. The van der Waals surface area contributed by atoms with E-state index in [1.165, 1.54) is 0 Å². The number of aliphatic imine (C=N–C) groups is 1. The summed E-state index contributed by atoms with van der Waals surface area (Å²) in [6.07, 6.45) is 4.29. The number of nitrogens with one attached hydrogen (secondary N) is 2. The van der Waals surface area contributed by atoms with E-state index in [9.17, 15) is 4.79 Å². The van der Waals surface area contributed by atoms with Gasteiger partial charge >= 0.3 is 0 Å². The van der Waals surface area contributed by atoms with Gasteiger partial charge in [0, 0.05) is 51.6 Å². The maximum Gasteiger partial charge on any atom is 0.241 e. The summed E-state index contributed by atoms with van der Waals surface area (Å²) in [5, 5.41) is 11.0. The van der Waals surface area contributed by atoms with Gasteiger partial charge in [-0.1, -0.05) is 30.3 Å². The molecule has 1 saturated heterocycles. The first-order valence-corrected chi connectivity index (χ1v) is 9.95. The lowest BCUT2D eigenvalue weighted by Crippen LogP contribution is -2.45. The van der Waals surface area contributed by atoms with E-state index in [-0.39, 0.29) is 18.6 Å². The Kier molecular flexibility index (Phi) is 7.24. The summed E-state index contributed by atoms with van der Waals surface area (Å²) in [5.74, 6) is 0.585. The van der Waals surface area contributed by atoms with Crippen LogP contribution >= 0.6 is 0 Å². The van der Waals surface area contributed by atoms with Crippen LogP contribution in [0.3, 0.4) is 0 Å². The fourth-order valence-electron chi connectivity index (χ4n) is 3.16. The van der Waals surface area contributed by atoms with E-state index in [0.29, 0.717) is 19.0 Å². The molecule has 1 aromatic carbocycles. The molecule has 1 amide bonds. The number of aromatic nitrogens is 2. The normalized spacial score (nSPS) is 16.7. The summed E-state index contributed by atoms with van der Waals surface area (Å²) in [6, 6.07) is 10.1. The number of carbonyl (C=O) groups excluding carboxylic acids is 1. The van der Waals surface area contributed by atoms with E-state index in [2.05, 4.69) is 15.7 Å². The third-order valence-corrected chi connectivity index (χ3v) is 4.79. The predicted octanol–water partition coefficient (Wildman–Crippen LogP) is 1.39. The number of likely N-dealkylation sites (N-methyl/N-ethyl adjacent to an activating group) is 1. The van der Waals surface area contributed by atoms with E-state index < -0.39 is 0 Å². The maximum absolute atomic E-state index is 12.0. The molecule has 0 bridgehead atoms. The van der Waals surface area contributed by atoms with Crippen LogP contribution in [0.15, 0.2) is 41.5 Å². The molecule has 1 aliphatic rings. The molecule has 1 aliphatic heterocycles. The Morgan fingerprint density at radius 2 is 2.10 bits per heavy atom. The monoisotopic (exact) mass is 398 g/mol. The van der Waals surface area contributed by atoms with Crippen molar-refractivity contribution in [3.8, 4) is 11.3 Å². The Morgan fingerprint density at radius 3 is 2.79 bits per heavy atom. The van der Waals surface area contributed by atoms with Crippen LogP contribution in [0.1, 0.15) is 18.4 Å². The lowest BCUT2D eigenvalue weighted by atomic mass is 10.1. The molecular weight excluding hydrogens is 368 g/mol. The number of amides is 1. The highest BCUT2D eigenvalue weighted by atomic mass is 16.5. The fourth-order valence-corrected chi connectivity index (χ4v) is 3.16. The molecule has 1 fully saturated rings. The van der Waals surface area contributed by atoms with Gasteiger partial charge < -0.3 is 20.3 Å². The quantitative estimate of drug-likeness (QED) is 0.544. The van der Waals surface area contributed by atoms with Crippen LogP contribution in [0.4, 0.5) is 0 Å². The molecular formula is C21H30N6O2. The van der Waals surface area contributed by atoms with Crippen molar-refractivity contribution in [3.63, 3.8) is 0 Å². The number of rotatable bonds is 7. The Hall–Kier alpha value is -2.87. The van der Waals surface area contributed by atoms with Gasteiger partial charge in [0.2, 0.25) is 5.91 Å². The van der Waals surface area contributed by atoms with Crippen molar-refractivity contribution in [3.05, 3.63) is 42.1 Å². The van der Waals surface area contributed by atoms with Gasteiger partial charge in [-0.25, -0.2) is 4.99 Å². The first-order valence-electron chi connectivity index (χ1n) is 9.95. The number of nitrogens with zero attached hydrogens (tertiary/aromatic N) is 4. The summed E-state index contributed by atoms with van der Waals surface area (Å²) in [5.41, 5.74) is 3.00. The van der Waals surface area contributed by atoms with Crippen LogP contribution in [-0.4, -0.2) is 66.4 Å². The molecule has 156 valence electrons. The lowest BCUT2D eigenvalue weighted by molar-refractivity contribution is -0.127. The second-order valence-electron chi connectivity index (χ2n) is 7.37. The lowest BCUT2D eigenvalue weighted by Gasteiger charge is -2.17. The zero-order valence-electron chi connectivity index (χ0n) is 17.4. The van der Waals surface area contributed by atoms with Crippen LogP contribution in [-0.2, 0) is 23.1 Å². The standard InChI is InChI=1S/C21H30N6O2/c1-26(2)19(28)14-24-21(23-13-18-10-7-11-29-18)22-12-17-15-27(3)25-20(17)16-8-5-4-6-9-16/h4-6,8-9,15,18H,7,10-14H2,1-3H3,(H2,22,23,24). The molecule has 0 aliphatic carbocycles. The topological polar surface area (TPSA) is 83.8 Å². The molecule has 2 heterocycles. The fraction of sp³-hybridized carbons (Fsp3) is 0.476. The van der Waals surface area contributed by atoms with Gasteiger partial charge in [0.15, 0.2) is 5.96 Å². The van der Waals surface area contributed by atoms with Gasteiger partial charge in [0.25, 0.3) is 0 Å². The predicted molar refractivity (Wildman–Crippen MR) is 113 cm³/mol.